The fourth-order valence-electron chi connectivity index (χ4n) is 1.97. The van der Waals surface area contributed by atoms with E-state index >= 15 is 0 Å². The van der Waals surface area contributed by atoms with E-state index in [1.807, 2.05) is 37.6 Å². The lowest BCUT2D eigenvalue weighted by Crippen LogP contribution is -2.31. The van der Waals surface area contributed by atoms with Gasteiger partial charge < -0.3 is 15.0 Å². The van der Waals surface area contributed by atoms with Crippen molar-refractivity contribution >= 4 is 11.9 Å². The predicted octanol–water partition coefficient (Wildman–Crippen LogP) is 2.30. The number of hydrogen-bond donors (Lipinski definition) is 2. The molecular weight excluding hydrogens is 244 g/mol. The molecule has 5 nitrogen and oxygen atoms in total. The number of hydrogen-bond acceptors (Lipinski definition) is 2. The summed E-state index contributed by atoms with van der Waals surface area (Å²) < 4.78 is 1.90. The van der Waals surface area contributed by atoms with Crippen molar-refractivity contribution in [3.63, 3.8) is 0 Å². The molecule has 106 valence electrons. The predicted molar refractivity (Wildman–Crippen MR) is 73.2 cm³/mol. The first-order chi connectivity index (χ1) is 8.95. The van der Waals surface area contributed by atoms with Crippen molar-refractivity contribution in [1.29, 1.82) is 0 Å². The Kier molecular flexibility index (Phi) is 5.60. The van der Waals surface area contributed by atoms with Crippen LogP contribution in [0, 0.1) is 5.92 Å². The van der Waals surface area contributed by atoms with Crippen LogP contribution in [0.5, 0.6) is 0 Å². The van der Waals surface area contributed by atoms with Crippen molar-refractivity contribution in [2.75, 3.05) is 6.54 Å². The molecule has 0 saturated heterocycles. The lowest BCUT2D eigenvalue weighted by Gasteiger charge is -2.16. The lowest BCUT2D eigenvalue weighted by molar-refractivity contribution is -0.138. The van der Waals surface area contributed by atoms with Crippen molar-refractivity contribution in [1.82, 2.24) is 9.88 Å². The molecule has 5 heteroatoms. The van der Waals surface area contributed by atoms with E-state index in [2.05, 4.69) is 5.32 Å². The van der Waals surface area contributed by atoms with Crippen LogP contribution in [0.4, 0.5) is 0 Å². The molecule has 0 aliphatic carbocycles. The minimum atomic E-state index is -0.827. The Bertz CT molecular complexity index is 438. The summed E-state index contributed by atoms with van der Waals surface area (Å²) in [6.07, 6.45) is 2.69. The zero-order chi connectivity index (χ0) is 14.4. The molecule has 0 radical (unpaired) electrons. The summed E-state index contributed by atoms with van der Waals surface area (Å²) in [4.78, 5) is 22.7. The number of rotatable bonds is 7. The van der Waals surface area contributed by atoms with Crippen LogP contribution in [0.25, 0.3) is 0 Å². The molecule has 1 atom stereocenters. The maximum Gasteiger partial charge on any atom is 0.303 e. The van der Waals surface area contributed by atoms with Gasteiger partial charge in [0.25, 0.3) is 5.91 Å². The van der Waals surface area contributed by atoms with E-state index in [1.165, 1.54) is 0 Å². The van der Waals surface area contributed by atoms with Gasteiger partial charge in [-0.25, -0.2) is 0 Å². The van der Waals surface area contributed by atoms with Crippen LogP contribution < -0.4 is 5.32 Å². The van der Waals surface area contributed by atoms with E-state index in [4.69, 9.17) is 5.11 Å². The number of amides is 1. The van der Waals surface area contributed by atoms with E-state index in [0.717, 1.165) is 6.42 Å². The number of nitrogens with one attached hydrogen (secondary N) is 1. The Morgan fingerprint density at radius 3 is 2.63 bits per heavy atom. The van der Waals surface area contributed by atoms with Crippen molar-refractivity contribution in [3.05, 3.63) is 24.0 Å². The molecule has 1 heterocycles. The molecule has 1 amide bonds. The third-order valence-corrected chi connectivity index (χ3v) is 3.16. The van der Waals surface area contributed by atoms with Gasteiger partial charge in [-0.2, -0.15) is 0 Å². The zero-order valence-electron chi connectivity index (χ0n) is 11.7. The van der Waals surface area contributed by atoms with Crippen molar-refractivity contribution in [2.24, 2.45) is 5.92 Å². The molecule has 1 aromatic rings. The smallest absolute Gasteiger partial charge is 0.303 e. The van der Waals surface area contributed by atoms with E-state index in [0.29, 0.717) is 12.2 Å². The van der Waals surface area contributed by atoms with Crippen LogP contribution in [-0.4, -0.2) is 28.1 Å². The lowest BCUT2D eigenvalue weighted by atomic mass is 10.0. The van der Waals surface area contributed by atoms with Gasteiger partial charge in [-0.3, -0.25) is 9.59 Å². The van der Waals surface area contributed by atoms with Gasteiger partial charge in [0.15, 0.2) is 0 Å². The molecule has 0 aliphatic heterocycles. The first-order valence-electron chi connectivity index (χ1n) is 6.62. The van der Waals surface area contributed by atoms with Gasteiger partial charge in [-0.1, -0.05) is 13.3 Å². The highest BCUT2D eigenvalue weighted by atomic mass is 16.4. The normalized spacial score (nSPS) is 12.4. The average molecular weight is 266 g/mol. The quantitative estimate of drug-likeness (QED) is 0.795. The summed E-state index contributed by atoms with van der Waals surface area (Å²) in [6, 6.07) is 3.83. The SMILES string of the molecule is CCC(CNC(=O)c1cccn1C(C)C)CC(=O)O. The molecule has 0 fully saturated rings. The highest BCUT2D eigenvalue weighted by Gasteiger charge is 2.16. The summed E-state index contributed by atoms with van der Waals surface area (Å²) >= 11 is 0. The molecule has 0 saturated carbocycles. The van der Waals surface area contributed by atoms with Crippen molar-refractivity contribution < 1.29 is 14.7 Å². The number of aromatic nitrogens is 1. The third-order valence-electron chi connectivity index (χ3n) is 3.16. The van der Waals surface area contributed by atoms with E-state index in [1.54, 1.807) is 6.07 Å². The van der Waals surface area contributed by atoms with Crippen LogP contribution in [0.15, 0.2) is 18.3 Å². The average Bonchev–Trinajstić information content (AvgIpc) is 2.82. The van der Waals surface area contributed by atoms with Gasteiger partial charge in [0, 0.05) is 25.2 Å². The van der Waals surface area contributed by atoms with E-state index in [-0.39, 0.29) is 24.3 Å². The van der Waals surface area contributed by atoms with Crippen LogP contribution in [0.1, 0.15) is 50.1 Å². The third kappa shape index (κ3) is 4.43. The molecule has 19 heavy (non-hydrogen) atoms. The molecule has 0 bridgehead atoms. The van der Waals surface area contributed by atoms with Crippen LogP contribution >= 0.6 is 0 Å². The van der Waals surface area contributed by atoms with Gasteiger partial charge in [-0.15, -0.1) is 0 Å². The summed E-state index contributed by atoms with van der Waals surface area (Å²) in [5.41, 5.74) is 0.611. The van der Waals surface area contributed by atoms with Gasteiger partial charge in [0.05, 0.1) is 0 Å². The van der Waals surface area contributed by atoms with Gasteiger partial charge in [0.1, 0.15) is 5.69 Å². The van der Waals surface area contributed by atoms with E-state index < -0.39 is 5.97 Å². The maximum atomic E-state index is 12.1. The Hall–Kier alpha value is -1.78. The molecule has 1 rings (SSSR count). The summed E-state index contributed by atoms with van der Waals surface area (Å²) in [6.45, 7) is 6.34. The Morgan fingerprint density at radius 1 is 1.42 bits per heavy atom. The Morgan fingerprint density at radius 2 is 2.11 bits per heavy atom. The van der Waals surface area contributed by atoms with Crippen LogP contribution in [-0.2, 0) is 4.79 Å². The maximum absolute atomic E-state index is 12.1. The number of nitrogens with zero attached hydrogens (tertiary/aromatic N) is 1. The highest BCUT2D eigenvalue weighted by Crippen LogP contribution is 2.11. The fraction of sp³-hybridized carbons (Fsp3) is 0.571. The highest BCUT2D eigenvalue weighted by molar-refractivity contribution is 5.92. The molecule has 2 N–H and O–H groups in total. The second-order valence-corrected chi connectivity index (χ2v) is 4.98. The molecular formula is C14H22N2O3. The molecule has 1 unspecified atom stereocenters. The second kappa shape index (κ2) is 6.97. The van der Waals surface area contributed by atoms with Crippen LogP contribution in [0.3, 0.4) is 0 Å². The minimum Gasteiger partial charge on any atom is -0.481 e. The Labute approximate surface area is 113 Å². The molecule has 0 aromatic carbocycles. The summed E-state index contributed by atoms with van der Waals surface area (Å²) in [5, 5.41) is 11.6. The molecule has 1 aromatic heterocycles. The monoisotopic (exact) mass is 266 g/mol. The number of carbonyl (C=O) groups excluding carboxylic acids is 1. The number of carboxylic acids is 1. The van der Waals surface area contributed by atoms with Crippen LogP contribution in [0.2, 0.25) is 0 Å². The standard InChI is InChI=1S/C14H22N2O3/c1-4-11(8-13(17)18)9-15-14(19)12-6-5-7-16(12)10(2)3/h5-7,10-11H,4,8-9H2,1-3H3,(H,15,19)(H,17,18). The number of carboxylic acid groups (broad SMARTS) is 1. The fourth-order valence-corrected chi connectivity index (χ4v) is 1.97. The molecule has 0 spiro atoms. The van der Waals surface area contributed by atoms with Gasteiger partial charge in [-0.05, 0) is 31.9 Å². The topological polar surface area (TPSA) is 71.3 Å². The minimum absolute atomic E-state index is 0.0242. The number of carbonyl (C=O) groups is 2. The Balaban J connectivity index is 2.59. The molecule has 0 aliphatic rings. The summed E-state index contributed by atoms with van der Waals surface area (Å²) in [5.74, 6) is -1.00. The second-order valence-electron chi connectivity index (χ2n) is 4.98. The first-order valence-corrected chi connectivity index (χ1v) is 6.62. The van der Waals surface area contributed by atoms with Crippen molar-refractivity contribution in [3.8, 4) is 0 Å². The van der Waals surface area contributed by atoms with E-state index in [9.17, 15) is 9.59 Å². The zero-order valence-corrected chi connectivity index (χ0v) is 11.7. The summed E-state index contributed by atoms with van der Waals surface area (Å²) in [7, 11) is 0. The largest absolute Gasteiger partial charge is 0.481 e. The number of aliphatic carboxylic acids is 1. The first kappa shape index (κ1) is 15.3. The van der Waals surface area contributed by atoms with Gasteiger partial charge >= 0.3 is 5.97 Å². The van der Waals surface area contributed by atoms with Gasteiger partial charge in [0.2, 0.25) is 0 Å². The van der Waals surface area contributed by atoms with Crippen molar-refractivity contribution in [2.45, 2.75) is 39.7 Å².